The van der Waals surface area contributed by atoms with Crippen molar-refractivity contribution in [2.45, 2.75) is 39.5 Å². The molecule has 1 rings (SSSR count). The summed E-state index contributed by atoms with van der Waals surface area (Å²) in [7, 11) is 0. The van der Waals surface area contributed by atoms with Gasteiger partial charge in [-0.25, -0.2) is 0 Å². The Morgan fingerprint density at radius 2 is 2.00 bits per heavy atom. The molecule has 0 unspecified atom stereocenters. The summed E-state index contributed by atoms with van der Waals surface area (Å²) in [6, 6.07) is 8.63. The second-order valence-electron chi connectivity index (χ2n) is 3.88. The van der Waals surface area contributed by atoms with Gasteiger partial charge < -0.3 is 0 Å². The summed E-state index contributed by atoms with van der Waals surface area (Å²) < 4.78 is 0. The first-order valence-electron chi connectivity index (χ1n) is 5.45. The first-order chi connectivity index (χ1) is 6.74. The van der Waals surface area contributed by atoms with Gasteiger partial charge in [-0.2, -0.15) is 0 Å². The number of benzene rings is 1. The Kier molecular flexibility index (Phi) is 4.45. The van der Waals surface area contributed by atoms with E-state index in [1.54, 1.807) is 0 Å². The molecule has 0 amide bonds. The van der Waals surface area contributed by atoms with Gasteiger partial charge in [0.15, 0.2) is 0 Å². The summed E-state index contributed by atoms with van der Waals surface area (Å²) >= 11 is 0. The number of allylic oxidation sites excluding steroid dienone is 1. The summed E-state index contributed by atoms with van der Waals surface area (Å²) in [6.45, 7) is 8.39. The molecular weight excluding hydrogens is 168 g/mol. The molecule has 0 heteroatoms. The molecule has 0 N–H and O–H groups in total. The van der Waals surface area contributed by atoms with Crippen molar-refractivity contribution < 1.29 is 0 Å². The van der Waals surface area contributed by atoms with Crippen LogP contribution in [0.15, 0.2) is 36.4 Å². The highest BCUT2D eigenvalue weighted by molar-refractivity contribution is 5.25. The van der Waals surface area contributed by atoms with E-state index in [9.17, 15) is 0 Å². The Morgan fingerprint density at radius 3 is 2.64 bits per heavy atom. The van der Waals surface area contributed by atoms with E-state index in [-0.39, 0.29) is 0 Å². The summed E-state index contributed by atoms with van der Waals surface area (Å²) in [4.78, 5) is 0. The van der Waals surface area contributed by atoms with Crippen molar-refractivity contribution in [2.75, 3.05) is 0 Å². The van der Waals surface area contributed by atoms with Crippen LogP contribution in [0.4, 0.5) is 0 Å². The quantitative estimate of drug-likeness (QED) is 0.605. The normalized spacial score (nSPS) is 10.1. The minimum absolute atomic E-state index is 1.12. The van der Waals surface area contributed by atoms with Crippen LogP contribution in [0.25, 0.3) is 0 Å². The zero-order chi connectivity index (χ0) is 10.4. The van der Waals surface area contributed by atoms with Gasteiger partial charge in [0, 0.05) is 0 Å². The zero-order valence-electron chi connectivity index (χ0n) is 9.34. The SMILES string of the molecule is C=C(CC)CCCc1ccccc1C. The maximum atomic E-state index is 4.03. The van der Waals surface area contributed by atoms with E-state index in [2.05, 4.69) is 44.7 Å². The Hall–Kier alpha value is -1.04. The van der Waals surface area contributed by atoms with Crippen molar-refractivity contribution >= 4 is 0 Å². The van der Waals surface area contributed by atoms with Crippen molar-refractivity contribution in [1.82, 2.24) is 0 Å². The van der Waals surface area contributed by atoms with E-state index in [0.29, 0.717) is 0 Å². The lowest BCUT2D eigenvalue weighted by Gasteiger charge is -2.05. The fourth-order valence-electron chi connectivity index (χ4n) is 1.60. The van der Waals surface area contributed by atoms with E-state index in [0.717, 1.165) is 6.42 Å². The lowest BCUT2D eigenvalue weighted by Crippen LogP contribution is -1.90. The van der Waals surface area contributed by atoms with Crippen LogP contribution in [0.1, 0.15) is 37.3 Å². The van der Waals surface area contributed by atoms with E-state index >= 15 is 0 Å². The molecule has 1 aromatic rings. The van der Waals surface area contributed by atoms with E-state index in [4.69, 9.17) is 0 Å². The van der Waals surface area contributed by atoms with Crippen molar-refractivity contribution in [1.29, 1.82) is 0 Å². The minimum Gasteiger partial charge on any atom is -0.0999 e. The highest BCUT2D eigenvalue weighted by Gasteiger charge is 1.97. The van der Waals surface area contributed by atoms with Crippen molar-refractivity contribution in [3.05, 3.63) is 47.5 Å². The molecule has 0 radical (unpaired) electrons. The van der Waals surface area contributed by atoms with Crippen LogP contribution in [0.5, 0.6) is 0 Å². The van der Waals surface area contributed by atoms with Crippen LogP contribution in [0.2, 0.25) is 0 Å². The Labute approximate surface area is 87.7 Å². The maximum Gasteiger partial charge on any atom is -0.0273 e. The Bertz CT molecular complexity index is 297. The van der Waals surface area contributed by atoms with Crippen LogP contribution in [-0.4, -0.2) is 0 Å². The third-order valence-electron chi connectivity index (χ3n) is 2.74. The Morgan fingerprint density at radius 1 is 1.29 bits per heavy atom. The van der Waals surface area contributed by atoms with Crippen molar-refractivity contribution in [3.8, 4) is 0 Å². The number of rotatable bonds is 5. The van der Waals surface area contributed by atoms with Crippen LogP contribution < -0.4 is 0 Å². The molecule has 0 heterocycles. The van der Waals surface area contributed by atoms with Gasteiger partial charge >= 0.3 is 0 Å². The van der Waals surface area contributed by atoms with Gasteiger partial charge in [-0.15, -0.1) is 0 Å². The molecule has 0 saturated heterocycles. The highest BCUT2D eigenvalue weighted by Crippen LogP contribution is 2.13. The molecule has 0 atom stereocenters. The molecule has 14 heavy (non-hydrogen) atoms. The van der Waals surface area contributed by atoms with Gasteiger partial charge in [0.2, 0.25) is 0 Å². The van der Waals surface area contributed by atoms with Gasteiger partial charge in [-0.3, -0.25) is 0 Å². The monoisotopic (exact) mass is 188 g/mol. The zero-order valence-corrected chi connectivity index (χ0v) is 9.34. The summed E-state index contributed by atoms with van der Waals surface area (Å²) in [5.41, 5.74) is 4.27. The van der Waals surface area contributed by atoms with Gasteiger partial charge in [0.25, 0.3) is 0 Å². The van der Waals surface area contributed by atoms with Crippen LogP contribution in [0.3, 0.4) is 0 Å². The topological polar surface area (TPSA) is 0 Å². The largest absolute Gasteiger partial charge is 0.0999 e. The predicted octanol–water partition coefficient (Wildman–Crippen LogP) is 4.28. The molecule has 1 aromatic carbocycles. The van der Waals surface area contributed by atoms with Gasteiger partial charge in [-0.1, -0.05) is 43.3 Å². The third-order valence-corrected chi connectivity index (χ3v) is 2.74. The molecule has 0 aromatic heterocycles. The van der Waals surface area contributed by atoms with Crippen LogP contribution in [-0.2, 0) is 6.42 Å². The molecule has 76 valence electrons. The molecule has 0 aliphatic rings. The molecule has 0 aliphatic carbocycles. The second kappa shape index (κ2) is 5.64. The smallest absolute Gasteiger partial charge is 0.0273 e. The Balaban J connectivity index is 2.39. The fraction of sp³-hybridized carbons (Fsp3) is 0.429. The average molecular weight is 188 g/mol. The lowest BCUT2D eigenvalue weighted by atomic mass is 10.0. The molecule has 0 fully saturated rings. The molecule has 0 saturated carbocycles. The van der Waals surface area contributed by atoms with E-state index < -0.39 is 0 Å². The van der Waals surface area contributed by atoms with Gasteiger partial charge in [0.1, 0.15) is 0 Å². The first-order valence-corrected chi connectivity index (χ1v) is 5.45. The van der Waals surface area contributed by atoms with E-state index in [1.807, 2.05) is 0 Å². The highest BCUT2D eigenvalue weighted by atomic mass is 14.0. The maximum absolute atomic E-state index is 4.03. The van der Waals surface area contributed by atoms with Crippen LogP contribution in [0, 0.1) is 6.92 Å². The summed E-state index contributed by atoms with van der Waals surface area (Å²) in [5, 5.41) is 0. The van der Waals surface area contributed by atoms with E-state index in [1.165, 1.54) is 36.0 Å². The molecule has 0 bridgehead atoms. The first kappa shape index (κ1) is 11.0. The third kappa shape index (κ3) is 3.37. The second-order valence-corrected chi connectivity index (χ2v) is 3.88. The number of hydrogen-bond donors (Lipinski definition) is 0. The average Bonchev–Trinajstić information content (AvgIpc) is 2.20. The number of aryl methyl sites for hydroxylation is 2. The summed E-state index contributed by atoms with van der Waals surface area (Å²) in [5.74, 6) is 0. The summed E-state index contributed by atoms with van der Waals surface area (Å²) in [6.07, 6.45) is 4.71. The molecular formula is C14H20. The van der Waals surface area contributed by atoms with Gasteiger partial charge in [-0.05, 0) is 43.7 Å². The predicted molar refractivity (Wildman–Crippen MR) is 63.5 cm³/mol. The lowest BCUT2D eigenvalue weighted by molar-refractivity contribution is 0.786. The molecule has 0 nitrogen and oxygen atoms in total. The fourth-order valence-corrected chi connectivity index (χ4v) is 1.60. The molecule has 0 aliphatic heterocycles. The van der Waals surface area contributed by atoms with Crippen molar-refractivity contribution in [3.63, 3.8) is 0 Å². The number of hydrogen-bond acceptors (Lipinski definition) is 0. The standard InChI is InChI=1S/C14H20/c1-4-12(2)8-7-11-14-10-6-5-9-13(14)3/h5-6,9-10H,2,4,7-8,11H2,1,3H3. The van der Waals surface area contributed by atoms with Crippen molar-refractivity contribution in [2.24, 2.45) is 0 Å². The minimum atomic E-state index is 1.12. The van der Waals surface area contributed by atoms with Crippen LogP contribution >= 0.6 is 0 Å². The molecule has 0 spiro atoms. The van der Waals surface area contributed by atoms with Gasteiger partial charge in [0.05, 0.1) is 0 Å².